The standard InChI is InChI=1S/C24H16F4N2O3/c25-17-11-9-15(10-12-17)14-30-22(31)20(16-5-2-1-3-6-16)21(23(30)32)29-18-7-4-8-19(13-18)33-24(26,27)28/h1-13,29H,14H2. The molecule has 1 heterocycles. The van der Waals surface area contributed by atoms with Crippen LogP contribution in [-0.2, 0) is 16.1 Å². The van der Waals surface area contributed by atoms with Gasteiger partial charge in [0.25, 0.3) is 11.8 Å². The quantitative estimate of drug-likeness (QED) is 0.414. The average Bonchev–Trinajstić information content (AvgIpc) is 2.99. The molecule has 0 bridgehead atoms. The summed E-state index contributed by atoms with van der Waals surface area (Å²) < 4.78 is 54.9. The van der Waals surface area contributed by atoms with Crippen molar-refractivity contribution in [1.82, 2.24) is 4.90 Å². The van der Waals surface area contributed by atoms with Crippen molar-refractivity contribution in [3.8, 4) is 5.75 Å². The van der Waals surface area contributed by atoms with Crippen LogP contribution in [0.1, 0.15) is 11.1 Å². The molecule has 1 aliphatic heterocycles. The van der Waals surface area contributed by atoms with E-state index in [9.17, 15) is 27.2 Å². The zero-order valence-corrected chi connectivity index (χ0v) is 16.9. The molecule has 168 valence electrons. The summed E-state index contributed by atoms with van der Waals surface area (Å²) in [4.78, 5) is 27.4. The Kier molecular flexibility index (Phi) is 5.87. The van der Waals surface area contributed by atoms with Crippen molar-refractivity contribution in [3.63, 3.8) is 0 Å². The SMILES string of the molecule is O=C1C(Nc2cccc(OC(F)(F)F)c2)=C(c2ccccc2)C(=O)N1Cc1ccc(F)cc1. The summed E-state index contributed by atoms with van der Waals surface area (Å²) in [5, 5.41) is 2.78. The predicted molar refractivity (Wildman–Crippen MR) is 112 cm³/mol. The highest BCUT2D eigenvalue weighted by atomic mass is 19.4. The van der Waals surface area contributed by atoms with Gasteiger partial charge in [0, 0.05) is 11.8 Å². The molecule has 0 radical (unpaired) electrons. The summed E-state index contributed by atoms with van der Waals surface area (Å²) >= 11 is 0. The van der Waals surface area contributed by atoms with Crippen molar-refractivity contribution in [2.75, 3.05) is 5.32 Å². The first kappa shape index (κ1) is 22.1. The molecule has 2 amide bonds. The molecule has 0 saturated heterocycles. The molecule has 3 aromatic rings. The monoisotopic (exact) mass is 456 g/mol. The van der Waals surface area contributed by atoms with Crippen LogP contribution >= 0.6 is 0 Å². The van der Waals surface area contributed by atoms with E-state index in [1.807, 2.05) is 0 Å². The lowest BCUT2D eigenvalue weighted by molar-refractivity contribution is -0.274. The number of nitrogens with one attached hydrogen (secondary N) is 1. The number of benzene rings is 3. The fraction of sp³-hybridized carbons (Fsp3) is 0.0833. The maximum atomic E-state index is 13.2. The number of carbonyl (C=O) groups is 2. The van der Waals surface area contributed by atoms with Gasteiger partial charge in [-0.1, -0.05) is 48.5 Å². The van der Waals surface area contributed by atoms with Crippen LogP contribution in [0.15, 0.2) is 84.6 Å². The summed E-state index contributed by atoms with van der Waals surface area (Å²) in [5.41, 5.74) is 1.11. The fourth-order valence-electron chi connectivity index (χ4n) is 3.40. The summed E-state index contributed by atoms with van der Waals surface area (Å²) in [5.74, 6) is -2.18. The van der Waals surface area contributed by atoms with Gasteiger partial charge in [0.2, 0.25) is 0 Å². The van der Waals surface area contributed by atoms with Crippen molar-refractivity contribution < 1.29 is 31.9 Å². The summed E-state index contributed by atoms with van der Waals surface area (Å²) in [6.45, 7) is -0.101. The van der Waals surface area contributed by atoms with Crippen LogP contribution < -0.4 is 10.1 Å². The molecule has 0 spiro atoms. The van der Waals surface area contributed by atoms with E-state index in [0.717, 1.165) is 17.0 Å². The number of ether oxygens (including phenoxy) is 1. The van der Waals surface area contributed by atoms with Crippen molar-refractivity contribution in [1.29, 1.82) is 0 Å². The number of alkyl halides is 3. The molecular formula is C24H16F4N2O3. The van der Waals surface area contributed by atoms with Gasteiger partial charge in [-0.15, -0.1) is 13.2 Å². The first-order valence-corrected chi connectivity index (χ1v) is 9.74. The summed E-state index contributed by atoms with van der Waals surface area (Å²) in [6, 6.07) is 18.7. The lowest BCUT2D eigenvalue weighted by Gasteiger charge is -2.15. The molecule has 0 atom stereocenters. The average molecular weight is 456 g/mol. The van der Waals surface area contributed by atoms with E-state index in [4.69, 9.17) is 0 Å². The number of nitrogens with zero attached hydrogens (tertiary/aromatic N) is 1. The van der Waals surface area contributed by atoms with E-state index < -0.39 is 29.7 Å². The lowest BCUT2D eigenvalue weighted by Crippen LogP contribution is -2.32. The smallest absolute Gasteiger partial charge is 0.406 e. The lowest BCUT2D eigenvalue weighted by atomic mass is 10.0. The minimum absolute atomic E-state index is 0.0739. The van der Waals surface area contributed by atoms with Gasteiger partial charge in [-0.2, -0.15) is 0 Å². The second-order valence-corrected chi connectivity index (χ2v) is 7.14. The zero-order valence-electron chi connectivity index (χ0n) is 16.9. The third-order valence-electron chi connectivity index (χ3n) is 4.82. The Morgan fingerprint density at radius 1 is 0.848 bits per heavy atom. The van der Waals surface area contributed by atoms with Crippen LogP contribution in [-0.4, -0.2) is 23.1 Å². The molecule has 33 heavy (non-hydrogen) atoms. The van der Waals surface area contributed by atoms with E-state index >= 15 is 0 Å². The van der Waals surface area contributed by atoms with Gasteiger partial charge in [0.05, 0.1) is 12.1 Å². The highest BCUT2D eigenvalue weighted by Crippen LogP contribution is 2.33. The van der Waals surface area contributed by atoms with Crippen LogP contribution in [0, 0.1) is 5.82 Å². The second kappa shape index (κ2) is 8.78. The maximum Gasteiger partial charge on any atom is 0.573 e. The van der Waals surface area contributed by atoms with Crippen LogP contribution in [0.2, 0.25) is 0 Å². The summed E-state index contributed by atoms with van der Waals surface area (Å²) in [6.07, 6.45) is -4.88. The molecule has 0 unspecified atom stereocenters. The van der Waals surface area contributed by atoms with Crippen LogP contribution in [0.3, 0.4) is 0 Å². The number of amides is 2. The fourth-order valence-corrected chi connectivity index (χ4v) is 3.40. The van der Waals surface area contributed by atoms with Gasteiger partial charge < -0.3 is 10.1 Å². The highest BCUT2D eigenvalue weighted by Gasteiger charge is 2.39. The number of halogens is 4. The third kappa shape index (κ3) is 5.03. The van der Waals surface area contributed by atoms with E-state index in [2.05, 4.69) is 10.1 Å². The molecular weight excluding hydrogens is 440 g/mol. The number of carbonyl (C=O) groups excluding carboxylic acids is 2. The van der Waals surface area contributed by atoms with E-state index in [1.54, 1.807) is 30.3 Å². The molecule has 1 N–H and O–H groups in total. The van der Waals surface area contributed by atoms with Crippen LogP contribution in [0.5, 0.6) is 5.75 Å². The molecule has 5 nitrogen and oxygen atoms in total. The Balaban J connectivity index is 1.69. The third-order valence-corrected chi connectivity index (χ3v) is 4.82. The topological polar surface area (TPSA) is 58.6 Å². The van der Waals surface area contributed by atoms with Crippen LogP contribution in [0.4, 0.5) is 23.2 Å². The Bertz CT molecular complexity index is 1220. The highest BCUT2D eigenvalue weighted by molar-refractivity contribution is 6.36. The Morgan fingerprint density at radius 3 is 2.21 bits per heavy atom. The minimum atomic E-state index is -4.88. The second-order valence-electron chi connectivity index (χ2n) is 7.14. The Hall–Kier alpha value is -4.14. The van der Waals surface area contributed by atoms with Gasteiger partial charge in [0.15, 0.2) is 0 Å². The van der Waals surface area contributed by atoms with Crippen molar-refractivity contribution in [2.45, 2.75) is 12.9 Å². The molecule has 3 aromatic carbocycles. The van der Waals surface area contributed by atoms with Crippen molar-refractivity contribution in [3.05, 3.63) is 102 Å². The number of hydrogen-bond donors (Lipinski definition) is 1. The van der Waals surface area contributed by atoms with E-state index in [-0.39, 0.29) is 23.5 Å². The first-order valence-electron chi connectivity index (χ1n) is 9.74. The predicted octanol–water partition coefficient (Wildman–Crippen LogP) is 5.12. The maximum absolute atomic E-state index is 13.2. The molecule has 4 rings (SSSR count). The molecule has 0 aliphatic carbocycles. The Labute approximate surface area is 185 Å². The molecule has 1 aliphatic rings. The van der Waals surface area contributed by atoms with E-state index in [1.165, 1.54) is 36.4 Å². The normalized spacial score (nSPS) is 14.1. The van der Waals surface area contributed by atoms with Crippen molar-refractivity contribution in [2.24, 2.45) is 0 Å². The van der Waals surface area contributed by atoms with Crippen LogP contribution in [0.25, 0.3) is 5.57 Å². The van der Waals surface area contributed by atoms with Crippen molar-refractivity contribution >= 4 is 23.1 Å². The number of imide groups is 1. The number of rotatable bonds is 6. The van der Waals surface area contributed by atoms with Gasteiger partial charge in [-0.05, 0) is 35.4 Å². The largest absolute Gasteiger partial charge is 0.573 e. The number of hydrogen-bond acceptors (Lipinski definition) is 4. The molecule has 0 fully saturated rings. The minimum Gasteiger partial charge on any atom is -0.406 e. The first-order chi connectivity index (χ1) is 15.7. The summed E-state index contributed by atoms with van der Waals surface area (Å²) in [7, 11) is 0. The molecule has 0 aromatic heterocycles. The van der Waals surface area contributed by atoms with Gasteiger partial charge in [0.1, 0.15) is 17.3 Å². The zero-order chi connectivity index (χ0) is 23.6. The Morgan fingerprint density at radius 2 is 1.55 bits per heavy atom. The van der Waals surface area contributed by atoms with Gasteiger partial charge >= 0.3 is 6.36 Å². The molecule has 9 heteroatoms. The van der Waals surface area contributed by atoms with E-state index in [0.29, 0.717) is 11.1 Å². The molecule has 0 saturated carbocycles. The van der Waals surface area contributed by atoms with Gasteiger partial charge in [-0.25, -0.2) is 4.39 Å². The van der Waals surface area contributed by atoms with Gasteiger partial charge in [-0.3, -0.25) is 14.5 Å². The number of anilines is 1.